The Labute approximate surface area is 256 Å². The van der Waals surface area contributed by atoms with Gasteiger partial charge in [-0.25, -0.2) is 9.79 Å². The van der Waals surface area contributed by atoms with Crippen LogP contribution in [0.25, 0.3) is 16.8 Å². The van der Waals surface area contributed by atoms with Crippen LogP contribution in [0.4, 0.5) is 0 Å². The first kappa shape index (κ1) is 29.8. The number of aromatic nitrogens is 1. The molecule has 4 aromatic rings. The molecule has 0 spiro atoms. The van der Waals surface area contributed by atoms with Gasteiger partial charge in [-0.2, -0.15) is 0 Å². The van der Waals surface area contributed by atoms with E-state index in [-0.39, 0.29) is 11.7 Å². The Morgan fingerprint density at radius 3 is 2.64 bits per heavy atom. The van der Waals surface area contributed by atoms with Gasteiger partial charge in [0.1, 0.15) is 17.5 Å². The summed E-state index contributed by atoms with van der Waals surface area (Å²) >= 11 is 4.84. The number of hydrogen-bond donors (Lipinski definition) is 0. The number of benzene rings is 3. The van der Waals surface area contributed by atoms with Gasteiger partial charge in [-0.1, -0.05) is 70.9 Å². The van der Waals surface area contributed by atoms with Gasteiger partial charge < -0.3 is 14.2 Å². The van der Waals surface area contributed by atoms with Crippen LogP contribution in [0.3, 0.4) is 0 Å². The summed E-state index contributed by atoms with van der Waals surface area (Å²) in [7, 11) is 1.57. The third-order valence-corrected chi connectivity index (χ3v) is 8.51. The fourth-order valence-electron chi connectivity index (χ4n) is 5.08. The lowest BCUT2D eigenvalue weighted by atomic mass is 9.95. The standard InChI is InChI=1S/C33H33BrN2O5S/c1-6-7-16-40-27-14-12-21-10-8-9-11-23(21)24(27)18-28-31(37)36-30(25-17-22(34)13-15-26(25)39-5)29(32(38)41-19(2)3)20(4)35-33(36)42-28/h8-15,17-19,30H,6-7,16H2,1-5H3/b28-18-/t30-/m0/s1. The Balaban J connectivity index is 1.77. The minimum atomic E-state index is -0.796. The van der Waals surface area contributed by atoms with Crippen molar-refractivity contribution in [2.24, 2.45) is 4.99 Å². The summed E-state index contributed by atoms with van der Waals surface area (Å²) in [5, 5.41) is 2.03. The van der Waals surface area contributed by atoms with Gasteiger partial charge in [-0.15, -0.1) is 0 Å². The Morgan fingerprint density at radius 2 is 1.90 bits per heavy atom. The number of esters is 1. The van der Waals surface area contributed by atoms with Gasteiger partial charge in [0.25, 0.3) is 5.56 Å². The van der Waals surface area contributed by atoms with Crippen LogP contribution < -0.4 is 24.4 Å². The molecule has 0 fully saturated rings. The van der Waals surface area contributed by atoms with E-state index in [0.29, 0.717) is 38.5 Å². The van der Waals surface area contributed by atoms with Crippen molar-refractivity contribution < 1.29 is 19.0 Å². The highest BCUT2D eigenvalue weighted by Gasteiger charge is 2.35. The number of methoxy groups -OCH3 is 1. The molecule has 1 aliphatic rings. The van der Waals surface area contributed by atoms with E-state index in [4.69, 9.17) is 19.2 Å². The summed E-state index contributed by atoms with van der Waals surface area (Å²) in [4.78, 5) is 33.0. The third-order valence-electron chi connectivity index (χ3n) is 7.03. The molecule has 0 bridgehead atoms. The topological polar surface area (TPSA) is 79.1 Å². The highest BCUT2D eigenvalue weighted by atomic mass is 79.9. The Hall–Kier alpha value is -3.69. The number of ether oxygens (including phenoxy) is 3. The van der Waals surface area contributed by atoms with E-state index in [0.717, 1.165) is 39.4 Å². The first-order valence-electron chi connectivity index (χ1n) is 13.9. The molecule has 1 aliphatic heterocycles. The van der Waals surface area contributed by atoms with Crippen molar-refractivity contribution in [1.29, 1.82) is 0 Å². The van der Waals surface area contributed by atoms with Gasteiger partial charge in [0.2, 0.25) is 0 Å². The molecule has 3 aromatic carbocycles. The second kappa shape index (κ2) is 12.7. The molecule has 0 saturated heterocycles. The fourth-order valence-corrected chi connectivity index (χ4v) is 6.49. The van der Waals surface area contributed by atoms with Crippen LogP contribution >= 0.6 is 27.3 Å². The zero-order valence-corrected chi connectivity index (χ0v) is 26.7. The number of carbonyl (C=O) groups is 1. The Morgan fingerprint density at radius 1 is 1.14 bits per heavy atom. The molecular weight excluding hydrogens is 616 g/mol. The minimum Gasteiger partial charge on any atom is -0.496 e. The first-order chi connectivity index (χ1) is 20.2. The molecule has 42 heavy (non-hydrogen) atoms. The number of unbranched alkanes of at least 4 members (excludes halogenated alkanes) is 1. The molecular formula is C33H33BrN2O5S. The van der Waals surface area contributed by atoms with Crippen LogP contribution in [0.2, 0.25) is 0 Å². The smallest absolute Gasteiger partial charge is 0.338 e. The summed E-state index contributed by atoms with van der Waals surface area (Å²) < 4.78 is 20.4. The number of nitrogens with zero attached hydrogens (tertiary/aromatic N) is 2. The van der Waals surface area contributed by atoms with E-state index >= 15 is 0 Å². The maximum atomic E-state index is 14.3. The molecule has 9 heteroatoms. The average Bonchev–Trinajstić information content (AvgIpc) is 3.26. The zero-order valence-electron chi connectivity index (χ0n) is 24.3. The third kappa shape index (κ3) is 5.80. The van der Waals surface area contributed by atoms with E-state index in [9.17, 15) is 9.59 Å². The van der Waals surface area contributed by atoms with Gasteiger partial charge in [0.15, 0.2) is 4.80 Å². The number of allylic oxidation sites excluding steroid dienone is 1. The molecule has 7 nitrogen and oxygen atoms in total. The van der Waals surface area contributed by atoms with Crippen LogP contribution in [-0.2, 0) is 9.53 Å². The minimum absolute atomic E-state index is 0.263. The number of carbonyl (C=O) groups excluding carboxylic acids is 1. The van der Waals surface area contributed by atoms with Crippen LogP contribution in [0, 0.1) is 0 Å². The normalized spacial score (nSPS) is 15.1. The van der Waals surface area contributed by atoms with Crippen LogP contribution in [0.5, 0.6) is 11.5 Å². The molecule has 1 atom stereocenters. The van der Waals surface area contributed by atoms with Crippen molar-refractivity contribution >= 4 is 50.1 Å². The quantitative estimate of drug-likeness (QED) is 0.157. The van der Waals surface area contributed by atoms with Crippen molar-refractivity contribution in [3.05, 3.63) is 101 Å². The highest BCUT2D eigenvalue weighted by Crippen LogP contribution is 2.37. The summed E-state index contributed by atoms with van der Waals surface area (Å²) in [6, 6.07) is 16.8. The van der Waals surface area contributed by atoms with Gasteiger partial charge in [0.05, 0.1) is 35.6 Å². The monoisotopic (exact) mass is 648 g/mol. The summed E-state index contributed by atoms with van der Waals surface area (Å²) in [6.45, 7) is 8.06. The van der Waals surface area contributed by atoms with Crippen LogP contribution in [-0.4, -0.2) is 30.4 Å². The van der Waals surface area contributed by atoms with Crippen LogP contribution in [0.15, 0.2) is 80.1 Å². The lowest BCUT2D eigenvalue weighted by molar-refractivity contribution is -0.143. The van der Waals surface area contributed by atoms with E-state index < -0.39 is 12.0 Å². The molecule has 1 aromatic heterocycles. The molecule has 218 valence electrons. The molecule has 0 amide bonds. The second-order valence-corrected chi connectivity index (χ2v) is 12.2. The average molecular weight is 650 g/mol. The highest BCUT2D eigenvalue weighted by molar-refractivity contribution is 9.10. The van der Waals surface area contributed by atoms with E-state index in [1.165, 1.54) is 11.3 Å². The maximum absolute atomic E-state index is 14.3. The van der Waals surface area contributed by atoms with Crippen molar-refractivity contribution in [3.63, 3.8) is 0 Å². The van der Waals surface area contributed by atoms with E-state index in [1.807, 2.05) is 60.7 Å². The molecule has 0 saturated carbocycles. The number of hydrogen-bond acceptors (Lipinski definition) is 7. The fraction of sp³-hybridized carbons (Fsp3) is 0.303. The Bertz CT molecular complexity index is 1870. The van der Waals surface area contributed by atoms with Gasteiger partial charge in [-0.3, -0.25) is 9.36 Å². The molecule has 0 aliphatic carbocycles. The molecule has 5 rings (SSSR count). The predicted molar refractivity (Wildman–Crippen MR) is 170 cm³/mol. The summed E-state index contributed by atoms with van der Waals surface area (Å²) in [5.74, 6) is 0.742. The molecule has 0 unspecified atom stereocenters. The van der Waals surface area contributed by atoms with Crippen molar-refractivity contribution in [2.75, 3.05) is 13.7 Å². The van der Waals surface area contributed by atoms with Crippen molar-refractivity contribution in [3.8, 4) is 11.5 Å². The molecule has 0 radical (unpaired) electrons. The maximum Gasteiger partial charge on any atom is 0.338 e. The van der Waals surface area contributed by atoms with Gasteiger partial charge in [-0.05, 0) is 68.3 Å². The summed E-state index contributed by atoms with van der Waals surface area (Å²) in [5.41, 5.74) is 2.02. The lowest BCUT2D eigenvalue weighted by Crippen LogP contribution is -2.40. The second-order valence-electron chi connectivity index (χ2n) is 10.3. The summed E-state index contributed by atoms with van der Waals surface area (Å²) in [6.07, 6.45) is 3.48. The van der Waals surface area contributed by atoms with Crippen molar-refractivity contribution in [1.82, 2.24) is 4.57 Å². The molecule has 2 heterocycles. The van der Waals surface area contributed by atoms with Crippen LogP contribution in [0.1, 0.15) is 57.7 Å². The van der Waals surface area contributed by atoms with E-state index in [2.05, 4.69) is 22.9 Å². The van der Waals surface area contributed by atoms with E-state index in [1.54, 1.807) is 32.4 Å². The van der Waals surface area contributed by atoms with Crippen molar-refractivity contribution in [2.45, 2.75) is 52.7 Å². The Kier molecular flexibility index (Phi) is 8.99. The largest absolute Gasteiger partial charge is 0.496 e. The number of rotatable bonds is 9. The molecule has 0 N–H and O–H groups in total. The predicted octanol–water partition coefficient (Wildman–Crippen LogP) is 6.29. The SMILES string of the molecule is CCCCOc1ccc2ccccc2c1/C=c1\sc2n(c1=O)[C@@H](c1cc(Br)ccc1OC)C(C(=O)OC(C)C)=C(C)N=2. The zero-order chi connectivity index (χ0) is 30.0. The number of thiazole rings is 1. The van der Waals surface area contributed by atoms with Gasteiger partial charge >= 0.3 is 5.97 Å². The number of halogens is 1. The number of fused-ring (bicyclic) bond motifs is 2. The first-order valence-corrected chi connectivity index (χ1v) is 15.6. The lowest BCUT2D eigenvalue weighted by Gasteiger charge is -2.26. The van der Waals surface area contributed by atoms with Gasteiger partial charge in [0, 0.05) is 15.6 Å².